The molecule has 9 nitrogen and oxygen atoms in total. The third-order valence-corrected chi connectivity index (χ3v) is 4.50. The van der Waals surface area contributed by atoms with Gasteiger partial charge in [0.25, 0.3) is 0 Å². The van der Waals surface area contributed by atoms with Gasteiger partial charge in [-0.3, -0.25) is 4.57 Å². The number of para-hydroxylation sites is 1. The number of nitrogen functional groups attached to an aromatic ring is 1. The number of aromatic amines is 1. The number of nitrogens with two attached hydrogens (primary N) is 1. The molecule has 1 aromatic carbocycles. The van der Waals surface area contributed by atoms with Crippen LogP contribution in [0, 0.1) is 0 Å². The highest BCUT2D eigenvalue weighted by Gasteiger charge is 2.20. The monoisotopic (exact) mass is 371 g/mol. The first-order chi connectivity index (χ1) is 13.7. The van der Waals surface area contributed by atoms with E-state index in [-0.39, 0.29) is 12.0 Å². The molecule has 4 aromatic heterocycles. The second-order valence-electron chi connectivity index (χ2n) is 6.38. The molecule has 0 spiro atoms. The second-order valence-corrected chi connectivity index (χ2v) is 6.38. The quantitative estimate of drug-likeness (QED) is 0.444. The van der Waals surface area contributed by atoms with Crippen molar-refractivity contribution in [1.29, 1.82) is 0 Å². The summed E-state index contributed by atoms with van der Waals surface area (Å²) in [6.07, 6.45) is 3.34. The van der Waals surface area contributed by atoms with Crippen molar-refractivity contribution in [2.75, 3.05) is 11.1 Å². The number of hydrogen-bond donors (Lipinski definition) is 3. The standard InChI is InChI=1S/C19H17N9/c1-11(24-16-14-15(23-10-22-14)26-19(20)27-16)17-25-13-8-5-9-21-18(13)28(17)12-6-3-2-4-7-12/h2-11H,1H3,(H4,20,22,23,24,26,27). The van der Waals surface area contributed by atoms with Crippen LogP contribution < -0.4 is 11.1 Å². The molecular weight excluding hydrogens is 354 g/mol. The zero-order valence-electron chi connectivity index (χ0n) is 15.0. The maximum Gasteiger partial charge on any atom is 0.224 e. The molecule has 0 saturated carbocycles. The molecule has 9 heteroatoms. The summed E-state index contributed by atoms with van der Waals surface area (Å²) >= 11 is 0. The lowest BCUT2D eigenvalue weighted by Crippen LogP contribution is -2.15. The molecular formula is C19H17N9. The van der Waals surface area contributed by atoms with E-state index in [0.717, 1.165) is 22.7 Å². The highest BCUT2D eigenvalue weighted by atomic mass is 15.2. The van der Waals surface area contributed by atoms with Gasteiger partial charge in [0.2, 0.25) is 5.95 Å². The van der Waals surface area contributed by atoms with E-state index in [4.69, 9.17) is 10.7 Å². The van der Waals surface area contributed by atoms with Crippen LogP contribution in [-0.2, 0) is 0 Å². The molecule has 0 saturated heterocycles. The number of benzene rings is 1. The van der Waals surface area contributed by atoms with E-state index in [1.54, 1.807) is 12.5 Å². The number of H-pyrrole nitrogens is 1. The lowest BCUT2D eigenvalue weighted by atomic mass is 10.2. The molecule has 0 radical (unpaired) electrons. The summed E-state index contributed by atoms with van der Waals surface area (Å²) in [5, 5.41) is 3.39. The Morgan fingerprint density at radius 3 is 2.75 bits per heavy atom. The van der Waals surface area contributed by atoms with Crippen molar-refractivity contribution in [3.63, 3.8) is 0 Å². The second kappa shape index (κ2) is 6.31. The Morgan fingerprint density at radius 1 is 1.04 bits per heavy atom. The van der Waals surface area contributed by atoms with Crippen molar-refractivity contribution in [3.8, 4) is 5.69 Å². The minimum atomic E-state index is -0.185. The number of nitrogens with one attached hydrogen (secondary N) is 2. The van der Waals surface area contributed by atoms with Gasteiger partial charge in [0.1, 0.15) is 16.9 Å². The predicted octanol–water partition coefficient (Wildman–Crippen LogP) is 2.84. The zero-order chi connectivity index (χ0) is 19.1. The Balaban J connectivity index is 1.63. The molecule has 0 fully saturated rings. The average Bonchev–Trinajstić information content (AvgIpc) is 3.33. The van der Waals surface area contributed by atoms with Gasteiger partial charge in [0, 0.05) is 11.9 Å². The van der Waals surface area contributed by atoms with Crippen LogP contribution in [0.15, 0.2) is 55.0 Å². The number of nitrogens with zero attached hydrogens (tertiary/aromatic N) is 6. The van der Waals surface area contributed by atoms with Crippen molar-refractivity contribution < 1.29 is 0 Å². The van der Waals surface area contributed by atoms with Crippen molar-refractivity contribution >= 4 is 34.1 Å². The lowest BCUT2D eigenvalue weighted by Gasteiger charge is -2.17. The van der Waals surface area contributed by atoms with Gasteiger partial charge in [0.05, 0.1) is 12.4 Å². The molecule has 4 N–H and O–H groups in total. The zero-order valence-corrected chi connectivity index (χ0v) is 15.0. The lowest BCUT2D eigenvalue weighted by molar-refractivity contribution is 0.767. The van der Waals surface area contributed by atoms with Crippen molar-refractivity contribution in [2.45, 2.75) is 13.0 Å². The smallest absolute Gasteiger partial charge is 0.224 e. The van der Waals surface area contributed by atoms with Crippen LogP contribution in [0.2, 0.25) is 0 Å². The van der Waals surface area contributed by atoms with E-state index in [1.165, 1.54) is 0 Å². The van der Waals surface area contributed by atoms with Crippen LogP contribution in [0.1, 0.15) is 18.8 Å². The van der Waals surface area contributed by atoms with Gasteiger partial charge in [-0.25, -0.2) is 15.0 Å². The molecule has 0 aliphatic rings. The third kappa shape index (κ3) is 2.60. The predicted molar refractivity (Wildman–Crippen MR) is 107 cm³/mol. The number of rotatable bonds is 4. The number of imidazole rings is 2. The van der Waals surface area contributed by atoms with Crippen molar-refractivity contribution in [1.82, 2.24) is 34.5 Å². The fourth-order valence-corrected chi connectivity index (χ4v) is 3.28. The Labute approximate surface area is 159 Å². The Bertz CT molecular complexity index is 1270. The van der Waals surface area contributed by atoms with Gasteiger partial charge in [-0.2, -0.15) is 9.97 Å². The molecule has 5 aromatic rings. The van der Waals surface area contributed by atoms with Gasteiger partial charge < -0.3 is 16.0 Å². The van der Waals surface area contributed by atoms with Crippen molar-refractivity contribution in [2.24, 2.45) is 0 Å². The summed E-state index contributed by atoms with van der Waals surface area (Å²) in [4.78, 5) is 25.0. The van der Waals surface area contributed by atoms with Crippen LogP contribution in [0.4, 0.5) is 11.8 Å². The SMILES string of the molecule is CC(Nc1nc(N)nc2nc[nH]c12)c1nc2cccnc2n1-c1ccccc1. The molecule has 0 aliphatic carbocycles. The number of anilines is 2. The topological polar surface area (TPSA) is 123 Å². The van der Waals surface area contributed by atoms with E-state index in [2.05, 4.69) is 30.2 Å². The number of pyridine rings is 1. The largest absolute Gasteiger partial charge is 0.368 e. The molecule has 0 amide bonds. The summed E-state index contributed by atoms with van der Waals surface area (Å²) in [5.41, 5.74) is 9.65. The molecule has 4 heterocycles. The van der Waals surface area contributed by atoms with E-state index in [0.29, 0.717) is 17.0 Å². The maximum absolute atomic E-state index is 5.83. The van der Waals surface area contributed by atoms with Gasteiger partial charge in [-0.1, -0.05) is 18.2 Å². The van der Waals surface area contributed by atoms with E-state index in [1.807, 2.05) is 54.0 Å². The molecule has 28 heavy (non-hydrogen) atoms. The van der Waals surface area contributed by atoms with E-state index < -0.39 is 0 Å². The molecule has 0 aliphatic heterocycles. The van der Waals surface area contributed by atoms with Gasteiger partial charge in [-0.05, 0) is 31.2 Å². The number of hydrogen-bond acceptors (Lipinski definition) is 7. The third-order valence-electron chi connectivity index (χ3n) is 4.50. The van der Waals surface area contributed by atoms with Crippen molar-refractivity contribution in [3.05, 3.63) is 60.8 Å². The van der Waals surface area contributed by atoms with Crippen LogP contribution in [-0.4, -0.2) is 34.5 Å². The first-order valence-electron chi connectivity index (χ1n) is 8.82. The molecule has 1 atom stereocenters. The average molecular weight is 371 g/mol. The van der Waals surface area contributed by atoms with Crippen LogP contribution >= 0.6 is 0 Å². The Morgan fingerprint density at radius 2 is 1.89 bits per heavy atom. The first-order valence-corrected chi connectivity index (χ1v) is 8.82. The fraction of sp³-hybridized carbons (Fsp3) is 0.105. The van der Waals surface area contributed by atoms with E-state index >= 15 is 0 Å². The summed E-state index contributed by atoms with van der Waals surface area (Å²) in [7, 11) is 0. The summed E-state index contributed by atoms with van der Waals surface area (Å²) in [6, 6.07) is 13.7. The van der Waals surface area contributed by atoms with Gasteiger partial charge >= 0.3 is 0 Å². The molecule has 138 valence electrons. The normalized spacial score (nSPS) is 12.5. The number of aromatic nitrogens is 7. The first kappa shape index (κ1) is 16.2. The summed E-state index contributed by atoms with van der Waals surface area (Å²) < 4.78 is 2.04. The highest BCUT2D eigenvalue weighted by molar-refractivity contribution is 5.83. The van der Waals surface area contributed by atoms with Crippen LogP contribution in [0.5, 0.6) is 0 Å². The summed E-state index contributed by atoms with van der Waals surface area (Å²) in [5.74, 6) is 1.55. The Hall–Kier alpha value is -4.01. The fourth-order valence-electron chi connectivity index (χ4n) is 3.28. The molecule has 1 unspecified atom stereocenters. The minimum Gasteiger partial charge on any atom is -0.368 e. The Kier molecular flexibility index (Phi) is 3.64. The maximum atomic E-state index is 5.83. The summed E-state index contributed by atoms with van der Waals surface area (Å²) in [6.45, 7) is 2.02. The van der Waals surface area contributed by atoms with E-state index in [9.17, 15) is 0 Å². The number of fused-ring (bicyclic) bond motifs is 2. The highest BCUT2D eigenvalue weighted by Crippen LogP contribution is 2.27. The minimum absolute atomic E-state index is 0.160. The van der Waals surface area contributed by atoms with Crippen LogP contribution in [0.25, 0.3) is 28.0 Å². The van der Waals surface area contributed by atoms with Gasteiger partial charge in [-0.15, -0.1) is 0 Å². The van der Waals surface area contributed by atoms with Gasteiger partial charge in [0.15, 0.2) is 17.1 Å². The van der Waals surface area contributed by atoms with Crippen LogP contribution in [0.3, 0.4) is 0 Å². The molecule has 0 bridgehead atoms. The molecule has 5 rings (SSSR count).